The lowest BCUT2D eigenvalue weighted by atomic mass is 10.1. The van der Waals surface area contributed by atoms with Gasteiger partial charge in [-0.05, 0) is 18.9 Å². The molecule has 2 unspecified atom stereocenters. The second-order valence-electron chi connectivity index (χ2n) is 7.00. The molecule has 2 aromatic rings. The van der Waals surface area contributed by atoms with Crippen LogP contribution < -0.4 is 14.4 Å². The van der Waals surface area contributed by atoms with Crippen molar-refractivity contribution in [2.75, 3.05) is 38.8 Å². The summed E-state index contributed by atoms with van der Waals surface area (Å²) in [6.07, 6.45) is -1.14. The van der Waals surface area contributed by atoms with Gasteiger partial charge in [-0.25, -0.2) is 9.97 Å². The maximum Gasteiger partial charge on any atom is 0.401 e. The number of benzene rings is 1. The largest absolute Gasteiger partial charge is 0.493 e. The van der Waals surface area contributed by atoms with E-state index in [0.717, 1.165) is 24.0 Å². The first-order chi connectivity index (χ1) is 12.9. The van der Waals surface area contributed by atoms with E-state index in [2.05, 4.69) is 14.9 Å². The highest BCUT2D eigenvalue weighted by Gasteiger charge is 2.45. The molecule has 0 spiro atoms. The molecule has 9 heteroatoms. The SMILES string of the molecule is COc1cc2ncnc(N3CC4CCC(C3)N4CC(F)(F)F)c2cc1OC. The zero-order chi connectivity index (χ0) is 19.2. The van der Waals surface area contributed by atoms with Gasteiger partial charge >= 0.3 is 6.18 Å². The first-order valence-corrected chi connectivity index (χ1v) is 8.84. The van der Waals surface area contributed by atoms with Crippen LogP contribution in [0.5, 0.6) is 11.5 Å². The molecule has 2 aliphatic heterocycles. The smallest absolute Gasteiger partial charge is 0.401 e. The van der Waals surface area contributed by atoms with Crippen LogP contribution in [0.3, 0.4) is 0 Å². The van der Waals surface area contributed by atoms with Gasteiger partial charge in [-0.15, -0.1) is 0 Å². The summed E-state index contributed by atoms with van der Waals surface area (Å²) in [5.41, 5.74) is 0.711. The van der Waals surface area contributed by atoms with Gasteiger partial charge in [0, 0.05) is 36.6 Å². The number of hydrogen-bond donors (Lipinski definition) is 0. The predicted octanol–water partition coefficient (Wildman–Crippen LogP) is 2.86. The molecule has 2 bridgehead atoms. The number of fused-ring (bicyclic) bond motifs is 3. The Kier molecular flexibility index (Phi) is 4.49. The maximum absolute atomic E-state index is 12.9. The van der Waals surface area contributed by atoms with E-state index in [9.17, 15) is 13.2 Å². The van der Waals surface area contributed by atoms with Crippen molar-refractivity contribution >= 4 is 16.7 Å². The molecular weight excluding hydrogens is 361 g/mol. The van der Waals surface area contributed by atoms with Gasteiger partial charge in [0.25, 0.3) is 0 Å². The van der Waals surface area contributed by atoms with Crippen molar-refractivity contribution < 1.29 is 22.6 Å². The predicted molar refractivity (Wildman–Crippen MR) is 94.4 cm³/mol. The lowest BCUT2D eigenvalue weighted by molar-refractivity contribution is -0.153. The fraction of sp³-hybridized carbons (Fsp3) is 0.556. The molecule has 1 aromatic carbocycles. The van der Waals surface area contributed by atoms with Crippen LogP contribution in [-0.4, -0.2) is 67.0 Å². The van der Waals surface area contributed by atoms with Crippen LogP contribution >= 0.6 is 0 Å². The lowest BCUT2D eigenvalue weighted by Gasteiger charge is -2.42. The summed E-state index contributed by atoms with van der Waals surface area (Å²) in [7, 11) is 3.12. The zero-order valence-corrected chi connectivity index (χ0v) is 15.2. The number of alkyl halides is 3. The van der Waals surface area contributed by atoms with Gasteiger partial charge in [-0.2, -0.15) is 13.2 Å². The van der Waals surface area contributed by atoms with Crippen LogP contribution in [0.2, 0.25) is 0 Å². The molecule has 0 amide bonds. The molecule has 0 saturated carbocycles. The van der Waals surface area contributed by atoms with Crippen molar-refractivity contribution in [1.29, 1.82) is 0 Å². The average molecular weight is 382 g/mol. The molecule has 6 nitrogen and oxygen atoms in total. The summed E-state index contributed by atoms with van der Waals surface area (Å²) in [5, 5.41) is 0.804. The quantitative estimate of drug-likeness (QED) is 0.811. The van der Waals surface area contributed by atoms with Gasteiger partial charge < -0.3 is 14.4 Å². The molecule has 2 saturated heterocycles. The minimum absolute atomic E-state index is 0.115. The van der Waals surface area contributed by atoms with E-state index in [1.165, 1.54) is 6.33 Å². The van der Waals surface area contributed by atoms with Crippen molar-refractivity contribution in [2.24, 2.45) is 0 Å². The fourth-order valence-electron chi connectivity index (χ4n) is 4.25. The Morgan fingerprint density at radius 1 is 1.04 bits per heavy atom. The standard InChI is InChI=1S/C18H21F3N4O2/c1-26-15-5-13-14(6-16(15)27-2)22-10-23-17(13)24-7-11-3-4-12(8-24)25(11)9-18(19,20)21/h5-6,10-12H,3-4,7-9H2,1-2H3. The number of hydrogen-bond acceptors (Lipinski definition) is 6. The van der Waals surface area contributed by atoms with Crippen molar-refractivity contribution in [3.05, 3.63) is 18.5 Å². The van der Waals surface area contributed by atoms with Crippen LogP contribution in [0.1, 0.15) is 12.8 Å². The van der Waals surface area contributed by atoms with E-state index in [1.807, 2.05) is 6.07 Å². The first kappa shape index (κ1) is 18.1. The third kappa shape index (κ3) is 3.36. The molecular formula is C18H21F3N4O2. The van der Waals surface area contributed by atoms with Crippen LogP contribution in [0.4, 0.5) is 19.0 Å². The average Bonchev–Trinajstić information content (AvgIpc) is 2.86. The number of ether oxygens (including phenoxy) is 2. The van der Waals surface area contributed by atoms with Gasteiger partial charge in [-0.1, -0.05) is 0 Å². The number of aromatic nitrogens is 2. The third-order valence-corrected chi connectivity index (χ3v) is 5.41. The summed E-state index contributed by atoms with van der Waals surface area (Å²) in [4.78, 5) is 12.4. The second-order valence-corrected chi connectivity index (χ2v) is 7.00. The van der Waals surface area contributed by atoms with E-state index < -0.39 is 12.7 Å². The highest BCUT2D eigenvalue weighted by molar-refractivity contribution is 5.92. The molecule has 0 aliphatic carbocycles. The number of rotatable bonds is 4. The van der Waals surface area contributed by atoms with Crippen molar-refractivity contribution in [3.63, 3.8) is 0 Å². The van der Waals surface area contributed by atoms with Gasteiger partial charge in [0.05, 0.1) is 26.3 Å². The Morgan fingerprint density at radius 3 is 2.26 bits per heavy atom. The molecule has 0 radical (unpaired) electrons. The molecule has 2 aliphatic rings. The number of nitrogens with zero attached hydrogens (tertiary/aromatic N) is 4. The fourth-order valence-corrected chi connectivity index (χ4v) is 4.25. The monoisotopic (exact) mass is 382 g/mol. The topological polar surface area (TPSA) is 50.7 Å². The zero-order valence-electron chi connectivity index (χ0n) is 15.2. The van der Waals surface area contributed by atoms with Crippen LogP contribution in [0.25, 0.3) is 10.9 Å². The molecule has 0 N–H and O–H groups in total. The second kappa shape index (κ2) is 6.70. The van der Waals surface area contributed by atoms with Gasteiger partial charge in [-0.3, -0.25) is 4.90 Å². The molecule has 27 heavy (non-hydrogen) atoms. The summed E-state index contributed by atoms with van der Waals surface area (Å²) in [6, 6.07) is 3.38. The summed E-state index contributed by atoms with van der Waals surface area (Å²) in [5.74, 6) is 1.87. The normalized spacial score (nSPS) is 23.1. The van der Waals surface area contributed by atoms with Crippen molar-refractivity contribution in [2.45, 2.75) is 31.1 Å². The molecule has 4 rings (SSSR count). The van der Waals surface area contributed by atoms with Gasteiger partial charge in [0.1, 0.15) is 12.1 Å². The van der Waals surface area contributed by atoms with E-state index in [0.29, 0.717) is 30.1 Å². The van der Waals surface area contributed by atoms with Gasteiger partial charge in [0.2, 0.25) is 0 Å². The van der Waals surface area contributed by atoms with Crippen molar-refractivity contribution in [1.82, 2.24) is 14.9 Å². The summed E-state index contributed by atoms with van der Waals surface area (Å²) >= 11 is 0. The van der Waals surface area contributed by atoms with Crippen molar-refractivity contribution in [3.8, 4) is 11.5 Å². The number of anilines is 1. The first-order valence-electron chi connectivity index (χ1n) is 8.84. The summed E-state index contributed by atoms with van der Waals surface area (Å²) < 4.78 is 49.4. The molecule has 3 heterocycles. The lowest BCUT2D eigenvalue weighted by Crippen LogP contribution is -2.56. The Hall–Kier alpha value is -2.29. The van der Waals surface area contributed by atoms with Crippen LogP contribution in [-0.2, 0) is 0 Å². The summed E-state index contributed by atoms with van der Waals surface area (Å²) in [6.45, 7) is 0.200. The molecule has 2 atom stereocenters. The Balaban J connectivity index is 1.66. The van der Waals surface area contributed by atoms with Crippen LogP contribution in [0.15, 0.2) is 18.5 Å². The highest BCUT2D eigenvalue weighted by Crippen LogP contribution is 2.38. The Labute approximate surface area is 154 Å². The number of methoxy groups -OCH3 is 2. The molecule has 2 fully saturated rings. The minimum atomic E-state index is -4.17. The molecule has 146 valence electrons. The van der Waals surface area contributed by atoms with E-state index in [4.69, 9.17) is 9.47 Å². The highest BCUT2D eigenvalue weighted by atomic mass is 19.4. The van der Waals surface area contributed by atoms with Crippen LogP contribution in [0, 0.1) is 0 Å². The van der Waals surface area contributed by atoms with E-state index in [1.54, 1.807) is 25.2 Å². The Morgan fingerprint density at radius 2 is 1.67 bits per heavy atom. The molecule has 1 aromatic heterocycles. The Bertz CT molecular complexity index is 831. The number of piperazine rings is 1. The third-order valence-electron chi connectivity index (χ3n) is 5.41. The van der Waals surface area contributed by atoms with E-state index >= 15 is 0 Å². The van der Waals surface area contributed by atoms with E-state index in [-0.39, 0.29) is 12.1 Å². The maximum atomic E-state index is 12.9. The van der Waals surface area contributed by atoms with Gasteiger partial charge in [0.15, 0.2) is 11.5 Å². The minimum Gasteiger partial charge on any atom is -0.493 e. The number of halogens is 3.